The molecule has 1 saturated heterocycles. The minimum atomic E-state index is -4.55. The standard InChI is InChI=1S/C29H30ClF3N4O/c1-18-3-10-27(37-13-11-36(2)12-14-37)23-16-21(6-7-22(18)23)35-28(38)26-9-5-20(17-34-26)19-4-8-25(30)24(15-19)29(31,32)33/h3-5,8-10,15,17,21H,6-7,11-14,16H2,1-2H3,(H,35,38)/t21-/m0/s1. The number of carbonyl (C=O) groups is 1. The number of piperazine rings is 1. The summed E-state index contributed by atoms with van der Waals surface area (Å²) < 4.78 is 39.7. The van der Waals surface area contributed by atoms with Gasteiger partial charge < -0.3 is 15.1 Å². The summed E-state index contributed by atoms with van der Waals surface area (Å²) in [6.45, 7) is 6.17. The number of anilines is 1. The van der Waals surface area contributed by atoms with Gasteiger partial charge in [0.2, 0.25) is 0 Å². The number of halogens is 4. The number of aryl methyl sites for hydroxylation is 1. The monoisotopic (exact) mass is 542 g/mol. The average molecular weight is 543 g/mol. The summed E-state index contributed by atoms with van der Waals surface area (Å²) >= 11 is 5.73. The minimum Gasteiger partial charge on any atom is -0.369 e. The van der Waals surface area contributed by atoms with Crippen LogP contribution in [0.15, 0.2) is 48.7 Å². The molecule has 1 aromatic heterocycles. The molecule has 1 fully saturated rings. The fourth-order valence-corrected chi connectivity index (χ4v) is 5.61. The first-order chi connectivity index (χ1) is 18.1. The zero-order valence-corrected chi connectivity index (χ0v) is 22.2. The second-order valence-electron chi connectivity index (χ2n) is 10.2. The van der Waals surface area contributed by atoms with Gasteiger partial charge in [-0.1, -0.05) is 29.8 Å². The van der Waals surface area contributed by atoms with E-state index in [2.05, 4.69) is 46.2 Å². The molecule has 2 aromatic carbocycles. The number of aromatic nitrogens is 1. The van der Waals surface area contributed by atoms with Crippen molar-refractivity contribution in [3.8, 4) is 11.1 Å². The maximum absolute atomic E-state index is 13.2. The van der Waals surface area contributed by atoms with Gasteiger partial charge in [0.1, 0.15) is 5.69 Å². The number of likely N-dealkylation sites (N-methyl/N-ethyl adjacent to an activating group) is 1. The smallest absolute Gasteiger partial charge is 0.369 e. The van der Waals surface area contributed by atoms with Crippen molar-refractivity contribution >= 4 is 23.2 Å². The lowest BCUT2D eigenvalue weighted by Crippen LogP contribution is -2.45. The molecule has 0 bridgehead atoms. The molecule has 2 aliphatic rings. The van der Waals surface area contributed by atoms with E-state index in [0.29, 0.717) is 11.1 Å². The maximum Gasteiger partial charge on any atom is 0.417 e. The van der Waals surface area contributed by atoms with Crippen molar-refractivity contribution in [2.45, 2.75) is 38.4 Å². The Morgan fingerprint density at radius 1 is 1.03 bits per heavy atom. The van der Waals surface area contributed by atoms with Gasteiger partial charge in [0.25, 0.3) is 5.91 Å². The van der Waals surface area contributed by atoms with Gasteiger partial charge in [-0.3, -0.25) is 9.78 Å². The van der Waals surface area contributed by atoms with Crippen molar-refractivity contribution in [2.75, 3.05) is 38.1 Å². The van der Waals surface area contributed by atoms with E-state index >= 15 is 0 Å². The van der Waals surface area contributed by atoms with Crippen LogP contribution in [0.25, 0.3) is 11.1 Å². The fraction of sp³-hybridized carbons (Fsp3) is 0.379. The number of nitrogens with zero attached hydrogens (tertiary/aromatic N) is 3. The number of alkyl halides is 3. The SMILES string of the molecule is Cc1ccc(N2CCN(C)CC2)c2c1CC[C@H](NC(=O)c1ccc(-c3ccc(Cl)c(C(F)(F)F)c3)cn1)C2. The van der Waals surface area contributed by atoms with E-state index < -0.39 is 11.7 Å². The molecule has 0 saturated carbocycles. The Hall–Kier alpha value is -3.10. The summed E-state index contributed by atoms with van der Waals surface area (Å²) in [6.07, 6.45) is -0.633. The third-order valence-electron chi connectivity index (χ3n) is 7.61. The van der Waals surface area contributed by atoms with Crippen molar-refractivity contribution in [3.63, 3.8) is 0 Å². The van der Waals surface area contributed by atoms with Crippen LogP contribution in [-0.2, 0) is 19.0 Å². The van der Waals surface area contributed by atoms with Crippen LogP contribution in [0.3, 0.4) is 0 Å². The highest BCUT2D eigenvalue weighted by molar-refractivity contribution is 6.31. The molecular weight excluding hydrogens is 513 g/mol. The molecule has 200 valence electrons. The van der Waals surface area contributed by atoms with E-state index in [-0.39, 0.29) is 22.7 Å². The Morgan fingerprint density at radius 2 is 1.76 bits per heavy atom. The number of fused-ring (bicyclic) bond motifs is 1. The highest BCUT2D eigenvalue weighted by Gasteiger charge is 2.33. The van der Waals surface area contributed by atoms with Crippen molar-refractivity contribution < 1.29 is 18.0 Å². The first-order valence-corrected chi connectivity index (χ1v) is 13.2. The van der Waals surface area contributed by atoms with Gasteiger partial charge in [-0.2, -0.15) is 13.2 Å². The third-order valence-corrected chi connectivity index (χ3v) is 7.94. The van der Waals surface area contributed by atoms with E-state index in [0.717, 1.165) is 51.5 Å². The first kappa shape index (κ1) is 26.5. The predicted octanol–water partition coefficient (Wildman–Crippen LogP) is 5.77. The number of hydrogen-bond acceptors (Lipinski definition) is 4. The Kier molecular flexibility index (Phi) is 7.38. The predicted molar refractivity (Wildman–Crippen MR) is 144 cm³/mol. The molecule has 5 rings (SSSR count). The Labute approximate surface area is 225 Å². The highest BCUT2D eigenvalue weighted by atomic mass is 35.5. The number of benzene rings is 2. The number of carbonyl (C=O) groups excluding carboxylic acids is 1. The van der Waals surface area contributed by atoms with Gasteiger partial charge in [-0.25, -0.2) is 0 Å². The van der Waals surface area contributed by atoms with Crippen molar-refractivity contribution in [3.05, 3.63) is 81.6 Å². The molecule has 0 spiro atoms. The molecule has 1 N–H and O–H groups in total. The molecule has 2 heterocycles. The minimum absolute atomic E-state index is 0.0184. The average Bonchev–Trinajstić information content (AvgIpc) is 2.89. The van der Waals surface area contributed by atoms with Crippen LogP contribution in [0.4, 0.5) is 18.9 Å². The summed E-state index contributed by atoms with van der Waals surface area (Å²) in [5, 5.41) is 2.78. The Morgan fingerprint density at radius 3 is 2.45 bits per heavy atom. The van der Waals surface area contributed by atoms with E-state index in [4.69, 9.17) is 11.6 Å². The lowest BCUT2D eigenvalue weighted by molar-refractivity contribution is -0.137. The van der Waals surface area contributed by atoms with E-state index in [1.165, 1.54) is 40.7 Å². The Balaban J connectivity index is 1.30. The zero-order valence-electron chi connectivity index (χ0n) is 21.4. The van der Waals surface area contributed by atoms with Crippen LogP contribution < -0.4 is 10.2 Å². The van der Waals surface area contributed by atoms with E-state index in [9.17, 15) is 18.0 Å². The molecule has 0 radical (unpaired) electrons. The maximum atomic E-state index is 13.2. The van der Waals surface area contributed by atoms with Crippen molar-refractivity contribution in [1.29, 1.82) is 0 Å². The molecule has 1 atom stereocenters. The molecule has 1 amide bonds. The number of nitrogens with one attached hydrogen (secondary N) is 1. The van der Waals surface area contributed by atoms with Crippen LogP contribution in [0.1, 0.15) is 39.2 Å². The summed E-state index contributed by atoms with van der Waals surface area (Å²) in [5.41, 5.74) is 5.39. The molecule has 1 aliphatic carbocycles. The van der Waals surface area contributed by atoms with Crippen LogP contribution in [0.2, 0.25) is 5.02 Å². The third kappa shape index (κ3) is 5.52. The second-order valence-corrected chi connectivity index (χ2v) is 10.6. The molecule has 5 nitrogen and oxygen atoms in total. The van der Waals surface area contributed by atoms with Crippen molar-refractivity contribution in [2.24, 2.45) is 0 Å². The lowest BCUT2D eigenvalue weighted by Gasteiger charge is -2.37. The summed E-state index contributed by atoms with van der Waals surface area (Å²) in [7, 11) is 2.14. The van der Waals surface area contributed by atoms with Crippen LogP contribution in [-0.4, -0.2) is 55.1 Å². The molecular formula is C29H30ClF3N4O. The van der Waals surface area contributed by atoms with Gasteiger partial charge in [0, 0.05) is 49.7 Å². The molecule has 3 aromatic rings. The van der Waals surface area contributed by atoms with Gasteiger partial charge in [0.05, 0.1) is 10.6 Å². The van der Waals surface area contributed by atoms with Crippen molar-refractivity contribution in [1.82, 2.24) is 15.2 Å². The van der Waals surface area contributed by atoms with Gasteiger partial charge in [-0.05, 0) is 79.8 Å². The van der Waals surface area contributed by atoms with Crippen LogP contribution >= 0.6 is 11.6 Å². The summed E-state index contributed by atoms with van der Waals surface area (Å²) in [6, 6.07) is 11.3. The number of amides is 1. The number of hydrogen-bond donors (Lipinski definition) is 1. The lowest BCUT2D eigenvalue weighted by atomic mass is 9.84. The quantitative estimate of drug-likeness (QED) is 0.455. The highest BCUT2D eigenvalue weighted by Crippen LogP contribution is 2.37. The van der Waals surface area contributed by atoms with Gasteiger partial charge >= 0.3 is 6.18 Å². The van der Waals surface area contributed by atoms with Crippen LogP contribution in [0, 0.1) is 6.92 Å². The largest absolute Gasteiger partial charge is 0.417 e. The number of rotatable bonds is 4. The normalized spacial score (nSPS) is 18.3. The van der Waals surface area contributed by atoms with E-state index in [1.54, 1.807) is 12.1 Å². The second kappa shape index (κ2) is 10.6. The van der Waals surface area contributed by atoms with Gasteiger partial charge in [-0.15, -0.1) is 0 Å². The first-order valence-electron chi connectivity index (χ1n) is 12.8. The van der Waals surface area contributed by atoms with Crippen LogP contribution in [0.5, 0.6) is 0 Å². The molecule has 0 unspecified atom stereocenters. The zero-order chi connectivity index (χ0) is 27.0. The topological polar surface area (TPSA) is 48.5 Å². The number of pyridine rings is 1. The van der Waals surface area contributed by atoms with E-state index in [1.807, 2.05) is 0 Å². The Bertz CT molecular complexity index is 1330. The summed E-state index contributed by atoms with van der Waals surface area (Å²) in [4.78, 5) is 22.1. The fourth-order valence-electron chi connectivity index (χ4n) is 5.39. The summed E-state index contributed by atoms with van der Waals surface area (Å²) in [5.74, 6) is -0.286. The molecule has 9 heteroatoms. The molecule has 1 aliphatic heterocycles. The van der Waals surface area contributed by atoms with Gasteiger partial charge in [0.15, 0.2) is 0 Å². The molecule has 38 heavy (non-hydrogen) atoms.